The fraction of sp³-hybridized carbons (Fsp3) is 0.211. The molecule has 0 aromatic heterocycles. The van der Waals surface area contributed by atoms with E-state index in [9.17, 15) is 24.6 Å². The monoisotopic (exact) mass is 322 g/mol. The van der Waals surface area contributed by atoms with Crippen molar-refractivity contribution in [3.05, 3.63) is 63.7 Å². The first kappa shape index (κ1) is 14.8. The first-order chi connectivity index (χ1) is 11.4. The summed E-state index contributed by atoms with van der Waals surface area (Å²) >= 11 is 0. The largest absolute Gasteiger partial charge is 0.507 e. The van der Waals surface area contributed by atoms with Gasteiger partial charge in [0, 0.05) is 28.7 Å². The molecule has 4 rings (SSSR count). The maximum Gasteiger partial charge on any atom is 0.198 e. The van der Waals surface area contributed by atoms with Crippen molar-refractivity contribution in [1.29, 1.82) is 0 Å². The number of Topliss-reactive ketones (excluding diaryl/α,β-unsaturated/α-hetero) is 1. The fourth-order valence-corrected chi connectivity index (χ4v) is 3.64. The molecule has 2 N–H and O–H groups in total. The smallest absolute Gasteiger partial charge is 0.198 e. The molecule has 2 aliphatic carbocycles. The molecule has 2 aromatic rings. The van der Waals surface area contributed by atoms with E-state index < -0.39 is 17.7 Å². The Morgan fingerprint density at radius 3 is 2.33 bits per heavy atom. The Balaban J connectivity index is 2.05. The van der Waals surface area contributed by atoms with Crippen LogP contribution >= 0.6 is 0 Å². The summed E-state index contributed by atoms with van der Waals surface area (Å²) in [6.45, 7) is 1.77. The van der Waals surface area contributed by atoms with Gasteiger partial charge in [-0.15, -0.1) is 0 Å². The van der Waals surface area contributed by atoms with E-state index in [4.69, 9.17) is 0 Å². The zero-order chi connectivity index (χ0) is 17.2. The zero-order valence-corrected chi connectivity index (χ0v) is 12.9. The third kappa shape index (κ3) is 1.76. The normalized spacial score (nSPS) is 22.0. The van der Waals surface area contributed by atoms with Crippen LogP contribution in [0.4, 0.5) is 0 Å². The van der Waals surface area contributed by atoms with E-state index in [0.29, 0.717) is 5.56 Å². The summed E-state index contributed by atoms with van der Waals surface area (Å²) in [5.74, 6) is -1.70. The molecule has 2 aromatic carbocycles. The standard InChI is InChI=1S/C19H14O5/c1-8-7-13(21)14-10(17(8)22)5-6-11-16(14)19(24)9-3-2-4-12(20)15(9)18(11)23/h2-6,8,17,20,22H,7H2,1H3/t8-,17+/m1/s1. The Morgan fingerprint density at radius 1 is 0.917 bits per heavy atom. The highest BCUT2D eigenvalue weighted by molar-refractivity contribution is 6.32. The quantitative estimate of drug-likeness (QED) is 0.663. The maximum absolute atomic E-state index is 12.9. The second-order valence-electron chi connectivity index (χ2n) is 6.36. The van der Waals surface area contributed by atoms with Crippen LogP contribution in [0.15, 0.2) is 30.3 Å². The minimum Gasteiger partial charge on any atom is -0.507 e. The van der Waals surface area contributed by atoms with Crippen molar-refractivity contribution < 1.29 is 24.6 Å². The second kappa shape index (κ2) is 4.85. The van der Waals surface area contributed by atoms with Crippen LogP contribution in [0.5, 0.6) is 5.75 Å². The van der Waals surface area contributed by atoms with Gasteiger partial charge in [0.2, 0.25) is 0 Å². The summed E-state index contributed by atoms with van der Waals surface area (Å²) in [4.78, 5) is 38.2. The molecule has 0 bridgehead atoms. The van der Waals surface area contributed by atoms with Crippen molar-refractivity contribution in [3.63, 3.8) is 0 Å². The Hall–Kier alpha value is -2.79. The maximum atomic E-state index is 12.9. The number of fused-ring (bicyclic) bond motifs is 4. The van der Waals surface area contributed by atoms with Crippen LogP contribution in [0.2, 0.25) is 0 Å². The second-order valence-corrected chi connectivity index (χ2v) is 6.36. The molecule has 0 saturated heterocycles. The molecule has 0 unspecified atom stereocenters. The SMILES string of the molecule is C[C@@H]1CC(=O)c2c(ccc3c2C(=O)c2cccc(O)c2C3=O)[C@H]1O. The number of aromatic hydroxyl groups is 1. The molecule has 5 nitrogen and oxygen atoms in total. The lowest BCUT2D eigenvalue weighted by molar-refractivity contribution is 0.0745. The van der Waals surface area contributed by atoms with E-state index in [-0.39, 0.29) is 51.7 Å². The average Bonchev–Trinajstić information content (AvgIpc) is 2.56. The molecule has 0 heterocycles. The number of carbonyl (C=O) groups is 3. The predicted molar refractivity (Wildman–Crippen MR) is 84.5 cm³/mol. The van der Waals surface area contributed by atoms with Gasteiger partial charge in [0.25, 0.3) is 0 Å². The van der Waals surface area contributed by atoms with Gasteiger partial charge in [0.15, 0.2) is 17.3 Å². The van der Waals surface area contributed by atoms with Gasteiger partial charge >= 0.3 is 0 Å². The van der Waals surface area contributed by atoms with Gasteiger partial charge in [0.05, 0.1) is 11.7 Å². The van der Waals surface area contributed by atoms with Crippen LogP contribution < -0.4 is 0 Å². The first-order valence-electron chi connectivity index (χ1n) is 7.71. The van der Waals surface area contributed by atoms with E-state index in [1.54, 1.807) is 6.92 Å². The number of phenolic OH excluding ortho intramolecular Hbond substituents is 1. The third-order valence-corrected chi connectivity index (χ3v) is 4.87. The van der Waals surface area contributed by atoms with Gasteiger partial charge < -0.3 is 10.2 Å². The van der Waals surface area contributed by atoms with Crippen LogP contribution in [-0.4, -0.2) is 27.6 Å². The summed E-state index contributed by atoms with van der Waals surface area (Å²) in [5, 5.41) is 20.3. The van der Waals surface area contributed by atoms with Gasteiger partial charge in [-0.3, -0.25) is 14.4 Å². The molecular weight excluding hydrogens is 308 g/mol. The molecule has 24 heavy (non-hydrogen) atoms. The summed E-state index contributed by atoms with van der Waals surface area (Å²) in [5.41, 5.74) is 0.732. The fourth-order valence-electron chi connectivity index (χ4n) is 3.64. The van der Waals surface area contributed by atoms with E-state index in [1.807, 2.05) is 0 Å². The minimum absolute atomic E-state index is 0.0351. The Bertz CT molecular complexity index is 941. The summed E-state index contributed by atoms with van der Waals surface area (Å²) in [6.07, 6.45) is -0.726. The van der Waals surface area contributed by atoms with Gasteiger partial charge in [-0.05, 0) is 23.6 Å². The van der Waals surface area contributed by atoms with Crippen molar-refractivity contribution >= 4 is 17.3 Å². The Labute approximate surface area is 137 Å². The van der Waals surface area contributed by atoms with Crippen molar-refractivity contribution in [2.24, 2.45) is 5.92 Å². The highest BCUT2D eigenvalue weighted by atomic mass is 16.3. The summed E-state index contributed by atoms with van der Waals surface area (Å²) in [7, 11) is 0. The van der Waals surface area contributed by atoms with E-state index in [2.05, 4.69) is 0 Å². The van der Waals surface area contributed by atoms with Crippen LogP contribution in [0.1, 0.15) is 67.2 Å². The van der Waals surface area contributed by atoms with Crippen LogP contribution in [0, 0.1) is 5.92 Å². The molecule has 0 amide bonds. The first-order valence-corrected chi connectivity index (χ1v) is 7.71. The topological polar surface area (TPSA) is 91.7 Å². The molecule has 2 aliphatic rings. The lowest BCUT2D eigenvalue weighted by Gasteiger charge is -2.30. The third-order valence-electron chi connectivity index (χ3n) is 4.87. The predicted octanol–water partition coefficient (Wildman–Crippen LogP) is 2.42. The van der Waals surface area contributed by atoms with Gasteiger partial charge in [-0.2, -0.15) is 0 Å². The van der Waals surface area contributed by atoms with Crippen molar-refractivity contribution in [2.75, 3.05) is 0 Å². The van der Waals surface area contributed by atoms with Crippen molar-refractivity contribution in [3.8, 4) is 5.75 Å². The van der Waals surface area contributed by atoms with Crippen LogP contribution in [0.25, 0.3) is 0 Å². The highest BCUT2D eigenvalue weighted by Gasteiger charge is 2.39. The van der Waals surface area contributed by atoms with Gasteiger partial charge in [0.1, 0.15) is 5.75 Å². The van der Waals surface area contributed by atoms with E-state index >= 15 is 0 Å². The number of phenols is 1. The number of benzene rings is 2. The highest BCUT2D eigenvalue weighted by Crippen LogP contribution is 2.41. The summed E-state index contributed by atoms with van der Waals surface area (Å²) in [6, 6.07) is 7.29. The molecular formula is C19H14O5. The molecule has 0 spiro atoms. The van der Waals surface area contributed by atoms with Crippen LogP contribution in [0.3, 0.4) is 0 Å². The van der Waals surface area contributed by atoms with Gasteiger partial charge in [-0.25, -0.2) is 0 Å². The molecule has 0 saturated carbocycles. The Morgan fingerprint density at radius 2 is 1.58 bits per heavy atom. The van der Waals surface area contributed by atoms with Crippen molar-refractivity contribution in [2.45, 2.75) is 19.4 Å². The van der Waals surface area contributed by atoms with Gasteiger partial charge in [-0.1, -0.05) is 25.1 Å². The Kier molecular flexibility index (Phi) is 2.99. The molecule has 2 atom stereocenters. The molecule has 0 fully saturated rings. The zero-order valence-electron chi connectivity index (χ0n) is 12.9. The molecule has 120 valence electrons. The average molecular weight is 322 g/mol. The number of carbonyl (C=O) groups excluding carboxylic acids is 3. The lowest BCUT2D eigenvalue weighted by atomic mass is 9.73. The number of aliphatic hydroxyl groups excluding tert-OH is 1. The molecule has 0 aliphatic heterocycles. The van der Waals surface area contributed by atoms with E-state index in [0.717, 1.165) is 0 Å². The molecule has 5 heteroatoms. The van der Waals surface area contributed by atoms with E-state index in [1.165, 1.54) is 30.3 Å². The number of hydrogen-bond donors (Lipinski definition) is 2. The summed E-state index contributed by atoms with van der Waals surface area (Å²) < 4.78 is 0. The molecule has 0 radical (unpaired) electrons. The number of hydrogen-bond acceptors (Lipinski definition) is 5. The number of rotatable bonds is 0. The number of ketones is 3. The van der Waals surface area contributed by atoms with Crippen molar-refractivity contribution in [1.82, 2.24) is 0 Å². The van der Waals surface area contributed by atoms with Crippen LogP contribution in [-0.2, 0) is 0 Å². The number of aliphatic hydroxyl groups is 1. The minimum atomic E-state index is -0.850. The lowest BCUT2D eigenvalue weighted by Crippen LogP contribution is -2.30.